The normalized spacial score (nSPS) is 11.6. The molecule has 228 valence electrons. The summed E-state index contributed by atoms with van der Waals surface area (Å²) in [5.74, 6) is -0.849. The smallest absolute Gasteiger partial charge is 0.306 e. The summed E-state index contributed by atoms with van der Waals surface area (Å²) < 4.78 is 95.8. The highest BCUT2D eigenvalue weighted by atomic mass is 32.2. The molecule has 0 atom stereocenters. The molecule has 0 unspecified atom stereocenters. The quantitative estimate of drug-likeness (QED) is 0.140. The molecule has 4 rings (SSSR count). The van der Waals surface area contributed by atoms with E-state index in [4.69, 9.17) is 27.3 Å². The Morgan fingerprint density at radius 2 is 1.35 bits per heavy atom. The SMILES string of the molecule is COCOc1c(-c2ccc(OS(C)(=O)=O)cc2)cc(OC)c(-c2ccc(OCc3ccccc3)c(F)c2)c1OS(C)(=O)=O. The molecule has 0 aromatic heterocycles. The van der Waals surface area contributed by atoms with E-state index in [0.29, 0.717) is 11.1 Å². The predicted molar refractivity (Wildman–Crippen MR) is 158 cm³/mol. The molecule has 0 aliphatic rings. The van der Waals surface area contributed by atoms with Crippen molar-refractivity contribution in [3.8, 4) is 51.0 Å². The summed E-state index contributed by atoms with van der Waals surface area (Å²) in [5, 5.41) is 0. The molecule has 10 nitrogen and oxygen atoms in total. The van der Waals surface area contributed by atoms with Crippen molar-refractivity contribution in [3.63, 3.8) is 0 Å². The second kappa shape index (κ2) is 13.3. The molecule has 0 aliphatic carbocycles. The zero-order valence-corrected chi connectivity index (χ0v) is 25.3. The Bertz CT molecular complexity index is 1790. The van der Waals surface area contributed by atoms with Gasteiger partial charge in [0.15, 0.2) is 29.9 Å². The Morgan fingerprint density at radius 3 is 1.93 bits per heavy atom. The first-order valence-corrected chi connectivity index (χ1v) is 16.2. The Kier molecular flexibility index (Phi) is 9.79. The maximum atomic E-state index is 15.3. The molecule has 0 bridgehead atoms. The van der Waals surface area contributed by atoms with Gasteiger partial charge in [-0.05, 0) is 47.0 Å². The highest BCUT2D eigenvalue weighted by molar-refractivity contribution is 7.86. The molecule has 43 heavy (non-hydrogen) atoms. The van der Waals surface area contributed by atoms with Gasteiger partial charge in [0.1, 0.15) is 18.1 Å². The second-order valence-corrected chi connectivity index (χ2v) is 12.4. The van der Waals surface area contributed by atoms with Crippen LogP contribution in [0.2, 0.25) is 0 Å². The van der Waals surface area contributed by atoms with E-state index in [9.17, 15) is 16.8 Å². The third-order valence-corrected chi connectivity index (χ3v) is 6.81. The van der Waals surface area contributed by atoms with Crippen molar-refractivity contribution in [3.05, 3.63) is 90.2 Å². The van der Waals surface area contributed by atoms with Crippen LogP contribution in [0.4, 0.5) is 4.39 Å². The van der Waals surface area contributed by atoms with Gasteiger partial charge >= 0.3 is 20.2 Å². The van der Waals surface area contributed by atoms with E-state index in [1.807, 2.05) is 30.3 Å². The molecule has 0 spiro atoms. The van der Waals surface area contributed by atoms with Crippen LogP contribution in [-0.2, 0) is 31.6 Å². The van der Waals surface area contributed by atoms with Crippen LogP contribution in [0.1, 0.15) is 5.56 Å². The summed E-state index contributed by atoms with van der Waals surface area (Å²) in [5.41, 5.74) is 1.93. The maximum Gasteiger partial charge on any atom is 0.306 e. The van der Waals surface area contributed by atoms with Gasteiger partial charge < -0.3 is 27.3 Å². The number of ether oxygens (including phenoxy) is 4. The largest absolute Gasteiger partial charge is 0.496 e. The van der Waals surface area contributed by atoms with Gasteiger partial charge in [-0.25, -0.2) is 4.39 Å². The molecule has 0 amide bonds. The molecule has 0 saturated heterocycles. The van der Waals surface area contributed by atoms with E-state index in [2.05, 4.69) is 0 Å². The van der Waals surface area contributed by atoms with Crippen molar-refractivity contribution >= 4 is 20.2 Å². The second-order valence-electron chi connectivity index (χ2n) is 9.23. The van der Waals surface area contributed by atoms with Gasteiger partial charge in [-0.1, -0.05) is 48.5 Å². The topological polar surface area (TPSA) is 124 Å². The minimum absolute atomic E-state index is 0.0129. The number of methoxy groups -OCH3 is 2. The van der Waals surface area contributed by atoms with Crippen LogP contribution in [0, 0.1) is 5.82 Å². The average Bonchev–Trinajstić information content (AvgIpc) is 2.95. The van der Waals surface area contributed by atoms with Crippen LogP contribution >= 0.6 is 0 Å². The molecule has 13 heteroatoms. The molecule has 4 aromatic carbocycles. The van der Waals surface area contributed by atoms with Gasteiger partial charge in [-0.15, -0.1) is 0 Å². The van der Waals surface area contributed by atoms with Crippen LogP contribution in [0.3, 0.4) is 0 Å². The van der Waals surface area contributed by atoms with Gasteiger partial charge in [0, 0.05) is 12.7 Å². The molecule has 4 aromatic rings. The molecule has 0 saturated carbocycles. The van der Waals surface area contributed by atoms with E-state index in [0.717, 1.165) is 18.1 Å². The molecular formula is C30H29FO10S2. The third-order valence-electron chi connectivity index (χ3n) is 5.85. The van der Waals surface area contributed by atoms with Crippen molar-refractivity contribution in [2.75, 3.05) is 33.5 Å². The lowest BCUT2D eigenvalue weighted by Gasteiger charge is -2.21. The number of halogens is 1. The van der Waals surface area contributed by atoms with E-state index in [-0.39, 0.29) is 53.3 Å². The molecule has 0 radical (unpaired) electrons. The summed E-state index contributed by atoms with van der Waals surface area (Å²) >= 11 is 0. The first-order chi connectivity index (χ1) is 20.4. The zero-order chi connectivity index (χ0) is 31.2. The van der Waals surface area contributed by atoms with Crippen molar-refractivity contribution in [2.24, 2.45) is 0 Å². The maximum absolute atomic E-state index is 15.3. The fraction of sp³-hybridized carbons (Fsp3) is 0.200. The van der Waals surface area contributed by atoms with Gasteiger partial charge in [0.05, 0.1) is 25.2 Å². The van der Waals surface area contributed by atoms with Gasteiger partial charge in [0.25, 0.3) is 0 Å². The fourth-order valence-corrected chi connectivity index (χ4v) is 5.05. The highest BCUT2D eigenvalue weighted by Gasteiger charge is 2.27. The molecule has 0 N–H and O–H groups in total. The Labute approximate surface area is 249 Å². The summed E-state index contributed by atoms with van der Waals surface area (Å²) in [6.07, 6.45) is 1.77. The molecular weight excluding hydrogens is 603 g/mol. The van der Waals surface area contributed by atoms with Crippen molar-refractivity contribution in [1.82, 2.24) is 0 Å². The van der Waals surface area contributed by atoms with Crippen LogP contribution in [0.15, 0.2) is 78.9 Å². The molecule has 0 heterocycles. The predicted octanol–water partition coefficient (Wildman–Crippen LogP) is 5.41. The zero-order valence-electron chi connectivity index (χ0n) is 23.7. The first-order valence-electron chi connectivity index (χ1n) is 12.6. The van der Waals surface area contributed by atoms with Crippen molar-refractivity contribution in [2.45, 2.75) is 6.61 Å². The number of hydrogen-bond donors (Lipinski definition) is 0. The van der Waals surface area contributed by atoms with Crippen LogP contribution in [0.25, 0.3) is 22.3 Å². The Balaban J connectivity index is 1.86. The van der Waals surface area contributed by atoms with Crippen molar-refractivity contribution in [1.29, 1.82) is 0 Å². The molecule has 0 aliphatic heterocycles. The highest BCUT2D eigenvalue weighted by Crippen LogP contribution is 2.51. The van der Waals surface area contributed by atoms with Gasteiger partial charge in [0.2, 0.25) is 0 Å². The lowest BCUT2D eigenvalue weighted by Crippen LogP contribution is -2.11. The van der Waals surface area contributed by atoms with E-state index in [1.54, 1.807) is 6.07 Å². The van der Waals surface area contributed by atoms with E-state index in [1.165, 1.54) is 56.7 Å². The van der Waals surface area contributed by atoms with Crippen molar-refractivity contribution < 1.29 is 48.5 Å². The van der Waals surface area contributed by atoms with E-state index >= 15 is 4.39 Å². The molecule has 0 fully saturated rings. The summed E-state index contributed by atoms with van der Waals surface area (Å²) in [6.45, 7) is -0.157. The third kappa shape index (κ3) is 8.37. The number of hydrogen-bond acceptors (Lipinski definition) is 10. The average molecular weight is 633 g/mol. The van der Waals surface area contributed by atoms with Crippen LogP contribution in [0.5, 0.6) is 28.7 Å². The lowest BCUT2D eigenvalue weighted by molar-refractivity contribution is 0.0503. The minimum Gasteiger partial charge on any atom is -0.496 e. The monoisotopic (exact) mass is 632 g/mol. The van der Waals surface area contributed by atoms with Crippen LogP contribution in [-0.4, -0.2) is 50.4 Å². The van der Waals surface area contributed by atoms with E-state index < -0.39 is 26.1 Å². The summed E-state index contributed by atoms with van der Waals surface area (Å²) in [7, 11) is -5.17. The van der Waals surface area contributed by atoms with Gasteiger partial charge in [-0.2, -0.15) is 16.8 Å². The summed E-state index contributed by atoms with van der Waals surface area (Å²) in [6, 6.07) is 20.8. The Morgan fingerprint density at radius 1 is 0.698 bits per heavy atom. The standard InChI is InChI=1S/C30H29FO10S2/c1-36-19-39-29-24(21-10-13-23(14-11-21)40-42(3,32)33)17-27(37-2)28(30(29)41-43(4,34)35)22-12-15-26(25(31)16-22)38-18-20-8-6-5-7-9-20/h5-17H,18-19H2,1-4H3. The minimum atomic E-state index is -4.15. The Hall–Kier alpha value is -4.33. The number of rotatable bonds is 13. The van der Waals surface area contributed by atoms with Crippen LogP contribution < -0.4 is 22.6 Å². The van der Waals surface area contributed by atoms with Gasteiger partial charge in [-0.3, -0.25) is 0 Å². The number of benzene rings is 4. The lowest BCUT2D eigenvalue weighted by atomic mass is 9.96. The first kappa shape index (κ1) is 31.6. The fourth-order valence-electron chi connectivity index (χ4n) is 4.13. The summed E-state index contributed by atoms with van der Waals surface area (Å²) in [4.78, 5) is 0.